The highest BCUT2D eigenvalue weighted by Gasteiger charge is 2.07. The van der Waals surface area contributed by atoms with E-state index in [0.717, 1.165) is 0 Å². The number of pyridine rings is 1. The molecule has 0 saturated heterocycles. The van der Waals surface area contributed by atoms with E-state index in [0.29, 0.717) is 0 Å². The predicted molar refractivity (Wildman–Crippen MR) is 37.2 cm³/mol. The molecule has 5 heteroatoms. The Hall–Kier alpha value is -1.29. The molecule has 0 aliphatic rings. The zero-order valence-electron chi connectivity index (χ0n) is 5.32. The first-order valence-corrected chi connectivity index (χ1v) is 3.04. The summed E-state index contributed by atoms with van der Waals surface area (Å²) in [6.07, 6.45) is 0. The van der Waals surface area contributed by atoms with Crippen LogP contribution in [0, 0.1) is 0 Å². The fourth-order valence-electron chi connectivity index (χ4n) is 0.576. The normalized spacial score (nSPS) is 9.18. The van der Waals surface area contributed by atoms with Gasteiger partial charge in [0.25, 0.3) is 0 Å². The summed E-state index contributed by atoms with van der Waals surface area (Å²) < 4.78 is 3.85. The van der Waals surface area contributed by atoms with Crippen LogP contribution in [-0.4, -0.2) is 16.1 Å². The lowest BCUT2D eigenvalue weighted by molar-refractivity contribution is 0.0744. The maximum Gasteiger partial charge on any atom is 0.375 e. The Kier molecular flexibility index (Phi) is 2.28. The molecule has 1 rings (SSSR count). The standard InChI is InChI=1S/C6H4ClNO3/c7-11-6(10)4-2-1-3-5(9)8-4/h1-3H,(H,8,9). The minimum Gasteiger partial charge on any atom is -0.493 e. The van der Waals surface area contributed by atoms with Gasteiger partial charge in [-0.15, -0.1) is 0 Å². The third kappa shape index (κ3) is 1.81. The molecule has 4 nitrogen and oxygen atoms in total. The molecular weight excluding hydrogens is 170 g/mol. The summed E-state index contributed by atoms with van der Waals surface area (Å²) in [5.41, 5.74) is -0.0278. The summed E-state index contributed by atoms with van der Waals surface area (Å²) in [5, 5.41) is 8.80. The maximum absolute atomic E-state index is 10.6. The molecule has 0 fully saturated rings. The largest absolute Gasteiger partial charge is 0.493 e. The van der Waals surface area contributed by atoms with E-state index >= 15 is 0 Å². The minimum absolute atomic E-state index is 0.0278. The number of halogens is 1. The van der Waals surface area contributed by atoms with Crippen LogP contribution in [0.25, 0.3) is 0 Å². The van der Waals surface area contributed by atoms with Gasteiger partial charge >= 0.3 is 5.97 Å². The van der Waals surface area contributed by atoms with Crippen molar-refractivity contribution < 1.29 is 14.2 Å². The van der Waals surface area contributed by atoms with E-state index in [1.807, 2.05) is 0 Å². The maximum atomic E-state index is 10.6. The Morgan fingerprint density at radius 3 is 2.91 bits per heavy atom. The molecule has 0 amide bonds. The molecule has 0 aromatic carbocycles. The summed E-state index contributed by atoms with van der Waals surface area (Å²) >= 11 is 4.77. The van der Waals surface area contributed by atoms with Crippen molar-refractivity contribution in [1.82, 2.24) is 4.98 Å². The van der Waals surface area contributed by atoms with Crippen LogP contribution < -0.4 is 0 Å². The number of hydrogen-bond donors (Lipinski definition) is 1. The van der Waals surface area contributed by atoms with Gasteiger partial charge in [-0.1, -0.05) is 6.07 Å². The number of carbonyl (C=O) groups is 1. The lowest BCUT2D eigenvalue weighted by Gasteiger charge is -1.94. The fraction of sp³-hybridized carbons (Fsp3) is 0. The number of aromatic nitrogens is 1. The second-order valence-electron chi connectivity index (χ2n) is 1.75. The SMILES string of the molecule is O=C(OCl)c1cccc(O)n1. The lowest BCUT2D eigenvalue weighted by Crippen LogP contribution is -2.00. The zero-order chi connectivity index (χ0) is 8.27. The van der Waals surface area contributed by atoms with Gasteiger partial charge in [-0.05, 0) is 6.07 Å². The van der Waals surface area contributed by atoms with E-state index in [1.165, 1.54) is 18.2 Å². The van der Waals surface area contributed by atoms with Crippen LogP contribution in [0.5, 0.6) is 5.88 Å². The van der Waals surface area contributed by atoms with E-state index in [-0.39, 0.29) is 11.6 Å². The highest BCUT2D eigenvalue weighted by molar-refractivity contribution is 6.15. The molecule has 0 radical (unpaired) electrons. The van der Waals surface area contributed by atoms with Crippen LogP contribution in [0.15, 0.2) is 18.2 Å². The van der Waals surface area contributed by atoms with Crippen LogP contribution in [0.3, 0.4) is 0 Å². The first kappa shape index (κ1) is 7.81. The van der Waals surface area contributed by atoms with E-state index in [2.05, 4.69) is 9.27 Å². The van der Waals surface area contributed by atoms with Crippen LogP contribution in [0.2, 0.25) is 0 Å². The van der Waals surface area contributed by atoms with Gasteiger partial charge in [0.15, 0.2) is 5.69 Å². The first-order valence-electron chi connectivity index (χ1n) is 2.73. The Bertz CT molecular complexity index is 276. The van der Waals surface area contributed by atoms with Crippen molar-refractivity contribution in [3.63, 3.8) is 0 Å². The summed E-state index contributed by atoms with van der Waals surface area (Å²) in [7, 11) is 0. The van der Waals surface area contributed by atoms with Gasteiger partial charge in [0.05, 0.1) is 0 Å². The van der Waals surface area contributed by atoms with Gasteiger partial charge in [0, 0.05) is 6.07 Å². The van der Waals surface area contributed by atoms with Gasteiger partial charge in [-0.3, -0.25) is 0 Å². The van der Waals surface area contributed by atoms with Crippen LogP contribution in [-0.2, 0) is 4.29 Å². The zero-order valence-corrected chi connectivity index (χ0v) is 6.08. The minimum atomic E-state index is -0.789. The monoisotopic (exact) mass is 173 g/mol. The van der Waals surface area contributed by atoms with Gasteiger partial charge < -0.3 is 9.40 Å². The third-order valence-corrected chi connectivity index (χ3v) is 1.15. The molecule has 58 valence electrons. The molecule has 1 aromatic rings. The van der Waals surface area contributed by atoms with Gasteiger partial charge in [-0.2, -0.15) is 0 Å². The molecule has 1 N–H and O–H groups in total. The highest BCUT2D eigenvalue weighted by Crippen LogP contribution is 2.06. The highest BCUT2D eigenvalue weighted by atomic mass is 35.5. The van der Waals surface area contributed by atoms with E-state index < -0.39 is 5.97 Å². The molecule has 1 aromatic heterocycles. The van der Waals surface area contributed by atoms with Gasteiger partial charge in [0.1, 0.15) is 11.9 Å². The van der Waals surface area contributed by atoms with Crippen LogP contribution in [0.4, 0.5) is 0 Å². The second kappa shape index (κ2) is 3.21. The number of carbonyl (C=O) groups excluding carboxylic acids is 1. The first-order chi connectivity index (χ1) is 5.24. The topological polar surface area (TPSA) is 59.4 Å². The van der Waals surface area contributed by atoms with Crippen LogP contribution >= 0.6 is 11.9 Å². The Morgan fingerprint density at radius 1 is 1.64 bits per heavy atom. The predicted octanol–water partition coefficient (Wildman–Crippen LogP) is 1.10. The van der Waals surface area contributed by atoms with Crippen molar-refractivity contribution >= 4 is 17.8 Å². The quantitative estimate of drug-likeness (QED) is 0.691. The smallest absolute Gasteiger partial charge is 0.375 e. The van der Waals surface area contributed by atoms with E-state index in [9.17, 15) is 4.79 Å². The number of aromatic hydroxyl groups is 1. The average Bonchev–Trinajstić information content (AvgIpc) is 2.03. The molecule has 0 atom stereocenters. The fourth-order valence-corrected chi connectivity index (χ4v) is 0.656. The van der Waals surface area contributed by atoms with Crippen molar-refractivity contribution in [3.8, 4) is 5.88 Å². The van der Waals surface area contributed by atoms with Crippen molar-refractivity contribution in [2.45, 2.75) is 0 Å². The van der Waals surface area contributed by atoms with Crippen molar-refractivity contribution in [1.29, 1.82) is 0 Å². The van der Waals surface area contributed by atoms with Gasteiger partial charge in [-0.25, -0.2) is 9.78 Å². The van der Waals surface area contributed by atoms with Crippen molar-refractivity contribution in [3.05, 3.63) is 23.9 Å². The molecule has 0 saturated carbocycles. The molecule has 0 aliphatic heterocycles. The Labute approximate surface area is 67.6 Å². The average molecular weight is 174 g/mol. The Balaban J connectivity index is 2.96. The van der Waals surface area contributed by atoms with Gasteiger partial charge in [0.2, 0.25) is 5.88 Å². The third-order valence-electron chi connectivity index (χ3n) is 1.01. The summed E-state index contributed by atoms with van der Waals surface area (Å²) in [6, 6.07) is 4.18. The van der Waals surface area contributed by atoms with E-state index in [1.54, 1.807) is 0 Å². The van der Waals surface area contributed by atoms with E-state index in [4.69, 9.17) is 17.0 Å². The second-order valence-corrected chi connectivity index (χ2v) is 1.90. The summed E-state index contributed by atoms with van der Waals surface area (Å²) in [6.45, 7) is 0. The number of rotatable bonds is 1. The number of nitrogens with zero attached hydrogens (tertiary/aromatic N) is 1. The Morgan fingerprint density at radius 2 is 2.36 bits per heavy atom. The molecular formula is C6H4ClNO3. The molecule has 0 aliphatic carbocycles. The summed E-state index contributed by atoms with van der Waals surface area (Å²) in [4.78, 5) is 14.1. The summed E-state index contributed by atoms with van der Waals surface area (Å²) in [5.74, 6) is -1.04. The van der Waals surface area contributed by atoms with Crippen molar-refractivity contribution in [2.75, 3.05) is 0 Å². The lowest BCUT2D eigenvalue weighted by atomic mass is 10.3. The molecule has 1 heterocycles. The van der Waals surface area contributed by atoms with Crippen LogP contribution in [0.1, 0.15) is 10.5 Å². The number of hydrogen-bond acceptors (Lipinski definition) is 4. The molecule has 11 heavy (non-hydrogen) atoms. The van der Waals surface area contributed by atoms with Crippen molar-refractivity contribution in [2.24, 2.45) is 0 Å². The molecule has 0 unspecified atom stereocenters. The molecule has 0 spiro atoms. The molecule has 0 bridgehead atoms.